The number of likely N-dealkylation sites (tertiary alicyclic amines) is 2. The second-order valence-electron chi connectivity index (χ2n) is 8.12. The third-order valence-corrected chi connectivity index (χ3v) is 6.38. The second-order valence-corrected chi connectivity index (χ2v) is 8.12. The average molecular weight is 384 g/mol. The third kappa shape index (κ3) is 3.04. The second kappa shape index (κ2) is 7.14. The summed E-state index contributed by atoms with van der Waals surface area (Å²) in [4.78, 5) is 38.2. The molecule has 2 fully saturated rings. The molecule has 1 atom stereocenters. The number of hydrogen-bond acceptors (Lipinski definition) is 5. The fraction of sp³-hybridized carbons (Fsp3) is 0.650. The van der Waals surface area contributed by atoms with E-state index in [1.807, 2.05) is 23.6 Å². The van der Waals surface area contributed by atoms with E-state index in [-0.39, 0.29) is 17.2 Å². The molecule has 150 valence electrons. The SMILES string of the molecule is CCCN1CCC2(CCN(C(=O)CCc3c(C)nc4ncnn4c3C)C2)C1=O. The first-order valence-corrected chi connectivity index (χ1v) is 10.2. The summed E-state index contributed by atoms with van der Waals surface area (Å²) in [5, 5.41) is 4.21. The summed E-state index contributed by atoms with van der Waals surface area (Å²) >= 11 is 0. The van der Waals surface area contributed by atoms with Gasteiger partial charge in [0.1, 0.15) is 6.33 Å². The van der Waals surface area contributed by atoms with Gasteiger partial charge in [-0.1, -0.05) is 6.92 Å². The molecule has 0 bridgehead atoms. The molecule has 0 aromatic carbocycles. The molecule has 2 aromatic rings. The number of aryl methyl sites for hydroxylation is 2. The molecule has 28 heavy (non-hydrogen) atoms. The lowest BCUT2D eigenvalue weighted by molar-refractivity contribution is -0.136. The Morgan fingerprint density at radius 2 is 2.04 bits per heavy atom. The Balaban J connectivity index is 1.41. The number of fused-ring (bicyclic) bond motifs is 1. The van der Waals surface area contributed by atoms with Crippen LogP contribution in [-0.4, -0.2) is 67.4 Å². The van der Waals surface area contributed by atoms with Crippen LogP contribution in [-0.2, 0) is 16.0 Å². The lowest BCUT2D eigenvalue weighted by Gasteiger charge is -2.23. The minimum absolute atomic E-state index is 0.121. The van der Waals surface area contributed by atoms with Gasteiger partial charge in [0.05, 0.1) is 5.41 Å². The lowest BCUT2D eigenvalue weighted by atomic mass is 9.85. The van der Waals surface area contributed by atoms with Crippen LogP contribution in [0, 0.1) is 19.3 Å². The maximum Gasteiger partial charge on any atom is 0.252 e. The van der Waals surface area contributed by atoms with Gasteiger partial charge in [0, 0.05) is 44.0 Å². The van der Waals surface area contributed by atoms with Gasteiger partial charge in [-0.25, -0.2) is 9.50 Å². The van der Waals surface area contributed by atoms with E-state index < -0.39 is 0 Å². The summed E-state index contributed by atoms with van der Waals surface area (Å²) in [7, 11) is 0. The van der Waals surface area contributed by atoms with Crippen molar-refractivity contribution in [2.75, 3.05) is 26.2 Å². The molecule has 8 heteroatoms. The molecule has 1 unspecified atom stereocenters. The van der Waals surface area contributed by atoms with Crippen molar-refractivity contribution in [2.24, 2.45) is 5.41 Å². The maximum atomic E-state index is 12.9. The maximum absolute atomic E-state index is 12.9. The largest absolute Gasteiger partial charge is 0.342 e. The van der Waals surface area contributed by atoms with Gasteiger partial charge in [-0.3, -0.25) is 9.59 Å². The van der Waals surface area contributed by atoms with Crippen LogP contribution in [0.15, 0.2) is 6.33 Å². The van der Waals surface area contributed by atoms with Crippen molar-refractivity contribution < 1.29 is 9.59 Å². The fourth-order valence-electron chi connectivity index (χ4n) is 4.75. The van der Waals surface area contributed by atoms with Gasteiger partial charge >= 0.3 is 0 Å². The van der Waals surface area contributed by atoms with E-state index in [0.717, 1.165) is 49.3 Å². The number of carbonyl (C=O) groups excluding carboxylic acids is 2. The summed E-state index contributed by atoms with van der Waals surface area (Å²) in [5.41, 5.74) is 2.58. The number of aromatic nitrogens is 4. The Labute approximate surface area is 164 Å². The molecule has 4 rings (SSSR count). The van der Waals surface area contributed by atoms with Crippen LogP contribution in [0.25, 0.3) is 5.78 Å². The monoisotopic (exact) mass is 384 g/mol. The predicted octanol–water partition coefficient (Wildman–Crippen LogP) is 1.53. The van der Waals surface area contributed by atoms with Gasteiger partial charge < -0.3 is 9.80 Å². The van der Waals surface area contributed by atoms with Crippen LogP contribution < -0.4 is 0 Å². The van der Waals surface area contributed by atoms with Crippen molar-refractivity contribution in [1.29, 1.82) is 0 Å². The lowest BCUT2D eigenvalue weighted by Crippen LogP contribution is -2.38. The molecule has 8 nitrogen and oxygen atoms in total. The Bertz CT molecular complexity index is 923. The average Bonchev–Trinajstić information content (AvgIpc) is 3.38. The smallest absolute Gasteiger partial charge is 0.252 e. The van der Waals surface area contributed by atoms with Crippen LogP contribution in [0.5, 0.6) is 0 Å². The molecular weight excluding hydrogens is 356 g/mol. The van der Waals surface area contributed by atoms with E-state index in [4.69, 9.17) is 0 Å². The van der Waals surface area contributed by atoms with Gasteiger partial charge in [-0.15, -0.1) is 0 Å². The van der Waals surface area contributed by atoms with Gasteiger partial charge in [-0.05, 0) is 45.1 Å². The third-order valence-electron chi connectivity index (χ3n) is 6.38. The molecule has 2 aliphatic heterocycles. The van der Waals surface area contributed by atoms with Gasteiger partial charge in [-0.2, -0.15) is 10.1 Å². The minimum atomic E-state index is -0.335. The minimum Gasteiger partial charge on any atom is -0.342 e. The molecule has 2 aromatic heterocycles. The zero-order valence-corrected chi connectivity index (χ0v) is 16.9. The van der Waals surface area contributed by atoms with Crippen molar-refractivity contribution in [1.82, 2.24) is 29.4 Å². The van der Waals surface area contributed by atoms with Gasteiger partial charge in [0.2, 0.25) is 11.8 Å². The highest BCUT2D eigenvalue weighted by molar-refractivity contribution is 5.87. The quantitative estimate of drug-likeness (QED) is 0.781. The van der Waals surface area contributed by atoms with Crippen LogP contribution in [0.1, 0.15) is 49.6 Å². The molecule has 0 saturated carbocycles. The first-order valence-electron chi connectivity index (χ1n) is 10.2. The summed E-state index contributed by atoms with van der Waals surface area (Å²) in [5.74, 6) is 0.955. The zero-order valence-electron chi connectivity index (χ0n) is 16.9. The standard InChI is InChI=1S/C20H28N6O2/c1-4-9-24-10-7-20(18(24)28)8-11-25(12-20)17(27)6-5-16-14(2)23-19-21-13-22-26(19)15(16)3/h13H,4-12H2,1-3H3. The molecule has 0 aliphatic carbocycles. The summed E-state index contributed by atoms with van der Waals surface area (Å²) in [6.07, 6.45) is 5.19. The number of amides is 2. The topological polar surface area (TPSA) is 83.7 Å². The van der Waals surface area contributed by atoms with Crippen molar-refractivity contribution in [3.05, 3.63) is 23.3 Å². The molecule has 1 spiro atoms. The van der Waals surface area contributed by atoms with Crippen LogP contribution >= 0.6 is 0 Å². The highest BCUT2D eigenvalue weighted by atomic mass is 16.2. The molecular formula is C20H28N6O2. The number of rotatable bonds is 5. The Morgan fingerprint density at radius 3 is 2.82 bits per heavy atom. The summed E-state index contributed by atoms with van der Waals surface area (Å²) in [6, 6.07) is 0. The normalized spacial score (nSPS) is 22.2. The van der Waals surface area contributed by atoms with Crippen molar-refractivity contribution in [3.63, 3.8) is 0 Å². The van der Waals surface area contributed by atoms with Crippen LogP contribution in [0.2, 0.25) is 0 Å². The number of nitrogens with zero attached hydrogens (tertiary/aromatic N) is 6. The molecule has 4 heterocycles. The predicted molar refractivity (Wildman–Crippen MR) is 104 cm³/mol. The Morgan fingerprint density at radius 1 is 1.25 bits per heavy atom. The van der Waals surface area contributed by atoms with E-state index >= 15 is 0 Å². The number of carbonyl (C=O) groups is 2. The summed E-state index contributed by atoms with van der Waals surface area (Å²) < 4.78 is 1.72. The van der Waals surface area contributed by atoms with Gasteiger partial charge in [0.15, 0.2) is 0 Å². The first-order chi connectivity index (χ1) is 13.4. The van der Waals surface area contributed by atoms with Gasteiger partial charge in [0.25, 0.3) is 5.78 Å². The highest BCUT2D eigenvalue weighted by Crippen LogP contribution is 2.40. The van der Waals surface area contributed by atoms with E-state index in [2.05, 4.69) is 22.0 Å². The summed E-state index contributed by atoms with van der Waals surface area (Å²) in [6.45, 7) is 8.94. The highest BCUT2D eigenvalue weighted by Gasteiger charge is 2.51. The van der Waals surface area contributed by atoms with E-state index in [1.54, 1.807) is 4.52 Å². The zero-order chi connectivity index (χ0) is 19.9. The van der Waals surface area contributed by atoms with Crippen molar-refractivity contribution >= 4 is 17.6 Å². The molecule has 0 N–H and O–H groups in total. The van der Waals surface area contributed by atoms with E-state index in [0.29, 0.717) is 31.7 Å². The van der Waals surface area contributed by atoms with E-state index in [9.17, 15) is 9.59 Å². The molecule has 2 saturated heterocycles. The number of hydrogen-bond donors (Lipinski definition) is 0. The first kappa shape index (κ1) is 18.8. The Hall–Kier alpha value is -2.51. The molecule has 2 amide bonds. The van der Waals surface area contributed by atoms with Crippen LogP contribution in [0.3, 0.4) is 0 Å². The Kier molecular flexibility index (Phi) is 4.81. The van der Waals surface area contributed by atoms with Crippen LogP contribution in [0.4, 0.5) is 0 Å². The molecule has 2 aliphatic rings. The van der Waals surface area contributed by atoms with Crippen molar-refractivity contribution in [3.8, 4) is 0 Å². The van der Waals surface area contributed by atoms with Crippen molar-refractivity contribution in [2.45, 2.75) is 52.9 Å². The van der Waals surface area contributed by atoms with E-state index in [1.165, 1.54) is 6.33 Å². The molecule has 0 radical (unpaired) electrons. The fourth-order valence-corrected chi connectivity index (χ4v) is 4.75.